The number of furan rings is 1. The van der Waals surface area contributed by atoms with Gasteiger partial charge >= 0.3 is 0 Å². The van der Waals surface area contributed by atoms with Gasteiger partial charge in [-0.1, -0.05) is 36.4 Å². The molecule has 0 radical (unpaired) electrons. The maximum absolute atomic E-state index is 5.73. The van der Waals surface area contributed by atoms with Crippen molar-refractivity contribution in [3.63, 3.8) is 0 Å². The van der Waals surface area contributed by atoms with Crippen LogP contribution in [0.2, 0.25) is 0 Å². The predicted octanol–water partition coefficient (Wildman–Crippen LogP) is 5.26. The summed E-state index contributed by atoms with van der Waals surface area (Å²) in [6, 6.07) is 18.2. The van der Waals surface area contributed by atoms with E-state index in [0.717, 1.165) is 22.2 Å². The molecule has 4 aromatic rings. The zero-order valence-corrected chi connectivity index (χ0v) is 11.8. The highest BCUT2D eigenvalue weighted by molar-refractivity contribution is 5.81. The molecule has 0 aliphatic heterocycles. The van der Waals surface area contributed by atoms with Gasteiger partial charge in [0.1, 0.15) is 5.52 Å². The number of nitrogens with zero attached hydrogens (tertiary/aromatic N) is 1. The van der Waals surface area contributed by atoms with E-state index in [9.17, 15) is 0 Å². The molecule has 0 bridgehead atoms. The Kier molecular flexibility index (Phi) is 3.09. The molecule has 0 N–H and O–H groups in total. The lowest BCUT2D eigenvalue weighted by Gasteiger charge is -1.99. The largest absolute Gasteiger partial charge is 0.472 e. The van der Waals surface area contributed by atoms with Crippen molar-refractivity contribution in [1.82, 2.24) is 4.98 Å². The lowest BCUT2D eigenvalue weighted by Crippen LogP contribution is -1.77. The Hall–Kier alpha value is -3.07. The van der Waals surface area contributed by atoms with Gasteiger partial charge in [0.25, 0.3) is 0 Å². The SMILES string of the molecule is C(=C\c1nc2cc(-c3ccccc3)ccc2o1)/c1ccoc1. The molecule has 0 aliphatic carbocycles. The Balaban J connectivity index is 1.69. The van der Waals surface area contributed by atoms with Crippen LogP contribution in [-0.2, 0) is 0 Å². The Labute approximate surface area is 127 Å². The fourth-order valence-corrected chi connectivity index (χ4v) is 2.36. The molecular formula is C19H13NO2. The second-order valence-electron chi connectivity index (χ2n) is 4.99. The first-order chi connectivity index (χ1) is 10.9. The molecule has 0 spiro atoms. The molecule has 0 amide bonds. The minimum atomic E-state index is 0.585. The number of hydrogen-bond donors (Lipinski definition) is 0. The Morgan fingerprint density at radius 1 is 0.864 bits per heavy atom. The normalized spacial score (nSPS) is 11.5. The van der Waals surface area contributed by atoms with Crippen LogP contribution >= 0.6 is 0 Å². The van der Waals surface area contributed by atoms with E-state index in [2.05, 4.69) is 17.1 Å². The van der Waals surface area contributed by atoms with Crippen LogP contribution in [0.15, 0.2) is 76.0 Å². The van der Waals surface area contributed by atoms with Crippen molar-refractivity contribution in [2.45, 2.75) is 0 Å². The first kappa shape index (κ1) is 12.7. The van der Waals surface area contributed by atoms with Crippen molar-refractivity contribution in [3.05, 3.63) is 78.6 Å². The monoisotopic (exact) mass is 287 g/mol. The summed E-state index contributed by atoms with van der Waals surface area (Å²) < 4.78 is 10.8. The second-order valence-corrected chi connectivity index (χ2v) is 4.99. The molecule has 22 heavy (non-hydrogen) atoms. The molecule has 3 nitrogen and oxygen atoms in total. The highest BCUT2D eigenvalue weighted by atomic mass is 16.3. The number of hydrogen-bond acceptors (Lipinski definition) is 3. The number of fused-ring (bicyclic) bond motifs is 1. The van der Waals surface area contributed by atoms with Gasteiger partial charge in [-0.2, -0.15) is 0 Å². The van der Waals surface area contributed by atoms with Crippen molar-refractivity contribution in [2.24, 2.45) is 0 Å². The molecule has 0 unspecified atom stereocenters. The fraction of sp³-hybridized carbons (Fsp3) is 0. The van der Waals surface area contributed by atoms with E-state index >= 15 is 0 Å². The zero-order chi connectivity index (χ0) is 14.8. The topological polar surface area (TPSA) is 39.2 Å². The van der Waals surface area contributed by atoms with E-state index in [4.69, 9.17) is 8.83 Å². The molecule has 4 rings (SSSR count). The lowest BCUT2D eigenvalue weighted by molar-refractivity contribution is 0.567. The number of oxazole rings is 1. The summed E-state index contributed by atoms with van der Waals surface area (Å²) in [6.45, 7) is 0. The van der Waals surface area contributed by atoms with Crippen LogP contribution in [0.3, 0.4) is 0 Å². The van der Waals surface area contributed by atoms with Gasteiger partial charge in [0.2, 0.25) is 5.89 Å². The summed E-state index contributed by atoms with van der Waals surface area (Å²) in [7, 11) is 0. The van der Waals surface area contributed by atoms with Gasteiger partial charge in [0.05, 0.1) is 12.5 Å². The highest BCUT2D eigenvalue weighted by Gasteiger charge is 2.05. The van der Waals surface area contributed by atoms with Gasteiger partial charge in [-0.3, -0.25) is 0 Å². The minimum absolute atomic E-state index is 0.585. The van der Waals surface area contributed by atoms with Crippen molar-refractivity contribution in [3.8, 4) is 11.1 Å². The Bertz CT molecular complexity index is 919. The van der Waals surface area contributed by atoms with Crippen molar-refractivity contribution in [1.29, 1.82) is 0 Å². The molecular weight excluding hydrogens is 274 g/mol. The molecule has 2 heterocycles. The Morgan fingerprint density at radius 2 is 1.77 bits per heavy atom. The summed E-state index contributed by atoms with van der Waals surface area (Å²) in [5, 5.41) is 0. The molecule has 0 saturated carbocycles. The molecule has 3 heteroatoms. The van der Waals surface area contributed by atoms with Crippen LogP contribution in [0.25, 0.3) is 34.4 Å². The molecule has 2 aromatic carbocycles. The molecule has 0 aliphatic rings. The molecule has 0 atom stereocenters. The average Bonchev–Trinajstić information content (AvgIpc) is 3.22. The van der Waals surface area contributed by atoms with Gasteiger partial charge in [-0.05, 0) is 35.4 Å². The van der Waals surface area contributed by atoms with E-state index in [-0.39, 0.29) is 0 Å². The van der Waals surface area contributed by atoms with E-state index in [0.29, 0.717) is 5.89 Å². The maximum atomic E-state index is 5.73. The van der Waals surface area contributed by atoms with Gasteiger partial charge in [-0.25, -0.2) is 4.98 Å². The van der Waals surface area contributed by atoms with Crippen LogP contribution < -0.4 is 0 Å². The van der Waals surface area contributed by atoms with Crippen LogP contribution in [0.4, 0.5) is 0 Å². The third-order valence-electron chi connectivity index (χ3n) is 3.47. The summed E-state index contributed by atoms with van der Waals surface area (Å²) in [4.78, 5) is 4.51. The third kappa shape index (κ3) is 2.44. The summed E-state index contributed by atoms with van der Waals surface area (Å²) in [5.74, 6) is 0.585. The fourth-order valence-electron chi connectivity index (χ4n) is 2.36. The van der Waals surface area contributed by atoms with Crippen molar-refractivity contribution >= 4 is 23.3 Å². The first-order valence-electron chi connectivity index (χ1n) is 7.05. The van der Waals surface area contributed by atoms with Crippen LogP contribution in [0, 0.1) is 0 Å². The van der Waals surface area contributed by atoms with Crippen molar-refractivity contribution < 1.29 is 8.83 Å². The molecule has 2 aromatic heterocycles. The van der Waals surface area contributed by atoms with Crippen LogP contribution in [0.1, 0.15) is 11.5 Å². The van der Waals surface area contributed by atoms with Crippen LogP contribution in [0.5, 0.6) is 0 Å². The van der Waals surface area contributed by atoms with Crippen molar-refractivity contribution in [2.75, 3.05) is 0 Å². The smallest absolute Gasteiger partial charge is 0.220 e. The number of aromatic nitrogens is 1. The van der Waals surface area contributed by atoms with E-state index < -0.39 is 0 Å². The number of rotatable bonds is 3. The highest BCUT2D eigenvalue weighted by Crippen LogP contribution is 2.25. The second kappa shape index (κ2) is 5.37. The predicted molar refractivity (Wildman–Crippen MR) is 87.1 cm³/mol. The molecule has 0 saturated heterocycles. The summed E-state index contributed by atoms with van der Waals surface area (Å²) >= 11 is 0. The van der Waals surface area contributed by atoms with E-state index in [1.807, 2.05) is 54.6 Å². The molecule has 0 fully saturated rings. The summed E-state index contributed by atoms with van der Waals surface area (Å²) in [5.41, 5.74) is 4.92. The summed E-state index contributed by atoms with van der Waals surface area (Å²) in [6.07, 6.45) is 7.06. The van der Waals surface area contributed by atoms with Gasteiger partial charge in [0, 0.05) is 11.6 Å². The van der Waals surface area contributed by atoms with E-state index in [1.54, 1.807) is 12.5 Å². The number of benzene rings is 2. The maximum Gasteiger partial charge on any atom is 0.220 e. The van der Waals surface area contributed by atoms with Gasteiger partial charge < -0.3 is 8.83 Å². The van der Waals surface area contributed by atoms with Gasteiger partial charge in [-0.15, -0.1) is 0 Å². The standard InChI is InChI=1S/C19H13NO2/c1-2-4-15(5-3-1)16-7-8-18-17(12-16)20-19(22-18)9-6-14-10-11-21-13-14/h1-13H/b9-6+. The quantitative estimate of drug-likeness (QED) is 0.516. The Morgan fingerprint density at radius 3 is 2.59 bits per heavy atom. The van der Waals surface area contributed by atoms with Gasteiger partial charge in [0.15, 0.2) is 5.58 Å². The van der Waals surface area contributed by atoms with Crippen LogP contribution in [-0.4, -0.2) is 4.98 Å². The lowest BCUT2D eigenvalue weighted by atomic mass is 10.1. The molecule has 106 valence electrons. The van der Waals surface area contributed by atoms with E-state index in [1.165, 1.54) is 5.56 Å². The third-order valence-corrected chi connectivity index (χ3v) is 3.47. The zero-order valence-electron chi connectivity index (χ0n) is 11.8. The average molecular weight is 287 g/mol. The minimum Gasteiger partial charge on any atom is -0.472 e. The first-order valence-corrected chi connectivity index (χ1v) is 7.05.